The molecule has 2 aromatic rings. The van der Waals surface area contributed by atoms with Crippen LogP contribution >= 0.6 is 0 Å². The molecule has 0 saturated carbocycles. The number of amides is 1. The highest BCUT2D eigenvalue weighted by Crippen LogP contribution is 2.14. The Balaban J connectivity index is 1.43. The quantitative estimate of drug-likeness (QED) is 0.801. The van der Waals surface area contributed by atoms with Crippen LogP contribution in [-0.4, -0.2) is 55.5 Å². The van der Waals surface area contributed by atoms with Crippen molar-refractivity contribution >= 4 is 5.91 Å². The molecular formula is C22H28N2O2. The molecule has 138 valence electrons. The first kappa shape index (κ1) is 18.5. The molecule has 0 aliphatic carbocycles. The average Bonchev–Trinajstić information content (AvgIpc) is 2.69. The van der Waals surface area contributed by atoms with Crippen molar-refractivity contribution < 1.29 is 9.53 Å². The lowest BCUT2D eigenvalue weighted by Gasteiger charge is -2.35. The van der Waals surface area contributed by atoms with Crippen LogP contribution in [0, 0.1) is 6.92 Å². The Morgan fingerprint density at radius 1 is 1.00 bits per heavy atom. The second kappa shape index (κ2) is 8.86. The molecule has 0 bridgehead atoms. The molecule has 1 saturated heterocycles. The van der Waals surface area contributed by atoms with E-state index in [1.165, 1.54) is 11.1 Å². The molecule has 3 rings (SSSR count). The van der Waals surface area contributed by atoms with Gasteiger partial charge in [0.1, 0.15) is 5.75 Å². The van der Waals surface area contributed by atoms with Gasteiger partial charge in [0.2, 0.25) is 5.91 Å². The van der Waals surface area contributed by atoms with Crippen LogP contribution < -0.4 is 4.74 Å². The van der Waals surface area contributed by atoms with Crippen LogP contribution in [0.3, 0.4) is 0 Å². The van der Waals surface area contributed by atoms with Crippen molar-refractivity contribution in [1.82, 2.24) is 9.80 Å². The Morgan fingerprint density at radius 2 is 1.69 bits per heavy atom. The predicted molar refractivity (Wildman–Crippen MR) is 105 cm³/mol. The molecule has 0 N–H and O–H groups in total. The fraction of sp³-hybridized carbons (Fsp3) is 0.409. The minimum Gasteiger partial charge on any atom is -0.497 e. The summed E-state index contributed by atoms with van der Waals surface area (Å²) in [5.74, 6) is 1.14. The number of piperazine rings is 1. The first-order valence-electron chi connectivity index (χ1n) is 9.33. The SMILES string of the molecule is COc1ccc(CCN2CCN(C(=O)Cc3ccccc3C)CC2)cc1. The summed E-state index contributed by atoms with van der Waals surface area (Å²) in [4.78, 5) is 17.0. The second-order valence-corrected chi connectivity index (χ2v) is 6.92. The maximum atomic E-state index is 12.6. The van der Waals surface area contributed by atoms with Crippen molar-refractivity contribution in [2.24, 2.45) is 0 Å². The molecule has 4 heteroatoms. The van der Waals surface area contributed by atoms with Gasteiger partial charge in [0, 0.05) is 32.7 Å². The minimum absolute atomic E-state index is 0.245. The number of aryl methyl sites for hydroxylation is 1. The molecule has 1 aliphatic rings. The molecule has 1 amide bonds. The standard InChI is InChI=1S/C22H28N2O2/c1-18-5-3-4-6-20(18)17-22(25)24-15-13-23(14-16-24)12-11-19-7-9-21(26-2)10-8-19/h3-10H,11-17H2,1-2H3. The summed E-state index contributed by atoms with van der Waals surface area (Å²) >= 11 is 0. The van der Waals surface area contributed by atoms with Gasteiger partial charge in [-0.25, -0.2) is 0 Å². The van der Waals surface area contributed by atoms with Crippen LogP contribution in [0.15, 0.2) is 48.5 Å². The van der Waals surface area contributed by atoms with Gasteiger partial charge < -0.3 is 9.64 Å². The summed E-state index contributed by atoms with van der Waals surface area (Å²) in [5, 5.41) is 0. The Kier molecular flexibility index (Phi) is 6.29. The van der Waals surface area contributed by atoms with Gasteiger partial charge in [0.05, 0.1) is 13.5 Å². The van der Waals surface area contributed by atoms with Crippen molar-refractivity contribution in [2.75, 3.05) is 39.8 Å². The smallest absolute Gasteiger partial charge is 0.227 e. The zero-order chi connectivity index (χ0) is 18.4. The summed E-state index contributed by atoms with van der Waals surface area (Å²) < 4.78 is 5.20. The van der Waals surface area contributed by atoms with Crippen molar-refractivity contribution in [3.63, 3.8) is 0 Å². The van der Waals surface area contributed by atoms with Gasteiger partial charge in [0.15, 0.2) is 0 Å². The van der Waals surface area contributed by atoms with E-state index in [0.717, 1.165) is 50.5 Å². The summed E-state index contributed by atoms with van der Waals surface area (Å²) in [6.07, 6.45) is 1.54. The van der Waals surface area contributed by atoms with Gasteiger partial charge in [-0.15, -0.1) is 0 Å². The van der Waals surface area contributed by atoms with E-state index < -0.39 is 0 Å². The molecule has 0 unspecified atom stereocenters. The third kappa shape index (κ3) is 4.85. The average molecular weight is 352 g/mol. The number of hydrogen-bond donors (Lipinski definition) is 0. The molecule has 0 radical (unpaired) electrons. The number of carbonyl (C=O) groups excluding carboxylic acids is 1. The topological polar surface area (TPSA) is 32.8 Å². The van der Waals surface area contributed by atoms with E-state index in [1.807, 2.05) is 29.2 Å². The molecule has 26 heavy (non-hydrogen) atoms. The van der Waals surface area contributed by atoms with E-state index >= 15 is 0 Å². The zero-order valence-electron chi connectivity index (χ0n) is 15.8. The van der Waals surface area contributed by atoms with Crippen LogP contribution in [0.1, 0.15) is 16.7 Å². The van der Waals surface area contributed by atoms with Gasteiger partial charge in [-0.05, 0) is 42.2 Å². The number of ether oxygens (including phenoxy) is 1. The molecule has 0 spiro atoms. The molecule has 2 aromatic carbocycles. The highest BCUT2D eigenvalue weighted by molar-refractivity contribution is 5.79. The Labute approximate surface area is 156 Å². The van der Waals surface area contributed by atoms with E-state index in [9.17, 15) is 4.79 Å². The van der Waals surface area contributed by atoms with E-state index in [4.69, 9.17) is 4.74 Å². The molecular weight excluding hydrogens is 324 g/mol. The van der Waals surface area contributed by atoms with Crippen molar-refractivity contribution in [2.45, 2.75) is 19.8 Å². The van der Waals surface area contributed by atoms with Crippen LogP contribution in [0.25, 0.3) is 0 Å². The minimum atomic E-state index is 0.245. The summed E-state index contributed by atoms with van der Waals surface area (Å²) in [7, 11) is 1.69. The lowest BCUT2D eigenvalue weighted by molar-refractivity contribution is -0.132. The lowest BCUT2D eigenvalue weighted by Crippen LogP contribution is -2.49. The third-order valence-electron chi connectivity index (χ3n) is 5.20. The van der Waals surface area contributed by atoms with Crippen LogP contribution in [0.4, 0.5) is 0 Å². The Bertz CT molecular complexity index is 719. The number of nitrogens with zero attached hydrogens (tertiary/aromatic N) is 2. The second-order valence-electron chi connectivity index (χ2n) is 6.92. The number of hydrogen-bond acceptors (Lipinski definition) is 3. The van der Waals surface area contributed by atoms with E-state index in [-0.39, 0.29) is 5.91 Å². The van der Waals surface area contributed by atoms with Gasteiger partial charge in [-0.2, -0.15) is 0 Å². The summed E-state index contributed by atoms with van der Waals surface area (Å²) in [6.45, 7) is 6.66. The largest absolute Gasteiger partial charge is 0.497 e. The molecule has 4 nitrogen and oxygen atoms in total. The van der Waals surface area contributed by atoms with E-state index in [0.29, 0.717) is 6.42 Å². The number of benzene rings is 2. The highest BCUT2D eigenvalue weighted by Gasteiger charge is 2.21. The zero-order valence-corrected chi connectivity index (χ0v) is 15.8. The van der Waals surface area contributed by atoms with Crippen LogP contribution in [0.5, 0.6) is 5.75 Å². The fourth-order valence-electron chi connectivity index (χ4n) is 3.38. The molecule has 1 aliphatic heterocycles. The number of rotatable bonds is 6. The summed E-state index contributed by atoms with van der Waals surface area (Å²) in [5.41, 5.74) is 3.65. The monoisotopic (exact) mass is 352 g/mol. The first-order valence-corrected chi connectivity index (χ1v) is 9.33. The van der Waals surface area contributed by atoms with Gasteiger partial charge in [-0.3, -0.25) is 9.69 Å². The Hall–Kier alpha value is -2.33. The molecule has 1 heterocycles. The molecule has 1 fully saturated rings. The maximum Gasteiger partial charge on any atom is 0.227 e. The first-order chi connectivity index (χ1) is 12.7. The van der Waals surface area contributed by atoms with E-state index in [2.05, 4.69) is 36.1 Å². The van der Waals surface area contributed by atoms with Crippen molar-refractivity contribution in [3.05, 3.63) is 65.2 Å². The number of carbonyl (C=O) groups is 1. The highest BCUT2D eigenvalue weighted by atomic mass is 16.5. The Morgan fingerprint density at radius 3 is 2.35 bits per heavy atom. The van der Waals surface area contributed by atoms with Crippen LogP contribution in [-0.2, 0) is 17.6 Å². The summed E-state index contributed by atoms with van der Waals surface area (Å²) in [6, 6.07) is 16.4. The van der Waals surface area contributed by atoms with E-state index in [1.54, 1.807) is 7.11 Å². The van der Waals surface area contributed by atoms with Gasteiger partial charge in [-0.1, -0.05) is 36.4 Å². The lowest BCUT2D eigenvalue weighted by atomic mass is 10.1. The predicted octanol–water partition coefficient (Wildman–Crippen LogP) is 2.93. The van der Waals surface area contributed by atoms with Gasteiger partial charge in [0.25, 0.3) is 0 Å². The fourth-order valence-corrected chi connectivity index (χ4v) is 3.38. The number of methoxy groups -OCH3 is 1. The third-order valence-corrected chi connectivity index (χ3v) is 5.20. The molecule has 0 aromatic heterocycles. The maximum absolute atomic E-state index is 12.6. The molecule has 0 atom stereocenters. The van der Waals surface area contributed by atoms with Crippen molar-refractivity contribution in [3.8, 4) is 5.75 Å². The van der Waals surface area contributed by atoms with Crippen LogP contribution in [0.2, 0.25) is 0 Å². The normalized spacial score (nSPS) is 15.1. The van der Waals surface area contributed by atoms with Crippen molar-refractivity contribution in [1.29, 1.82) is 0 Å². The van der Waals surface area contributed by atoms with Gasteiger partial charge >= 0.3 is 0 Å².